The van der Waals surface area contributed by atoms with Gasteiger partial charge in [0.2, 0.25) is 0 Å². The molecule has 0 saturated heterocycles. The first-order valence-corrected chi connectivity index (χ1v) is 6.56. The standard InChI is InChI=1S/C14H17N3O/c1-2-8-15-13-10-5-3-6-11(10)16-14(17-13)12-7-4-9-18-12/h4,7,9H,2-3,5-6,8H2,1H3,(H,15,16,17). The Morgan fingerprint density at radius 2 is 2.28 bits per heavy atom. The summed E-state index contributed by atoms with van der Waals surface area (Å²) in [6, 6.07) is 3.77. The van der Waals surface area contributed by atoms with Crippen molar-refractivity contribution in [2.75, 3.05) is 11.9 Å². The van der Waals surface area contributed by atoms with Crippen LogP contribution in [0.25, 0.3) is 11.6 Å². The zero-order valence-electron chi connectivity index (χ0n) is 10.6. The lowest BCUT2D eigenvalue weighted by Gasteiger charge is -2.10. The normalized spacial score (nSPS) is 13.6. The second-order valence-corrected chi connectivity index (χ2v) is 4.58. The highest BCUT2D eigenvalue weighted by Crippen LogP contribution is 2.29. The average molecular weight is 243 g/mol. The van der Waals surface area contributed by atoms with Gasteiger partial charge < -0.3 is 9.73 Å². The minimum absolute atomic E-state index is 0.694. The molecule has 1 N–H and O–H groups in total. The molecule has 1 aliphatic carbocycles. The number of fused-ring (bicyclic) bond motifs is 1. The molecule has 0 spiro atoms. The Bertz CT molecular complexity index is 534. The van der Waals surface area contributed by atoms with Crippen LogP contribution in [0.3, 0.4) is 0 Å². The van der Waals surface area contributed by atoms with Gasteiger partial charge >= 0.3 is 0 Å². The first-order valence-electron chi connectivity index (χ1n) is 6.56. The molecule has 18 heavy (non-hydrogen) atoms. The number of hydrogen-bond acceptors (Lipinski definition) is 4. The summed E-state index contributed by atoms with van der Waals surface area (Å²) >= 11 is 0. The van der Waals surface area contributed by atoms with Crippen molar-refractivity contribution in [1.82, 2.24) is 9.97 Å². The third-order valence-electron chi connectivity index (χ3n) is 3.22. The van der Waals surface area contributed by atoms with Crippen LogP contribution < -0.4 is 5.32 Å². The summed E-state index contributed by atoms with van der Waals surface area (Å²) in [6.07, 6.45) is 6.05. The molecular formula is C14H17N3O. The number of nitrogens with zero attached hydrogens (tertiary/aromatic N) is 2. The Balaban J connectivity index is 2.02. The summed E-state index contributed by atoms with van der Waals surface area (Å²) in [5.41, 5.74) is 2.47. The molecule has 0 fully saturated rings. The molecule has 0 radical (unpaired) electrons. The molecule has 3 rings (SSSR count). The number of hydrogen-bond donors (Lipinski definition) is 1. The van der Waals surface area contributed by atoms with Crippen LogP contribution >= 0.6 is 0 Å². The van der Waals surface area contributed by atoms with Crippen molar-refractivity contribution in [3.05, 3.63) is 29.7 Å². The molecule has 4 heteroatoms. The van der Waals surface area contributed by atoms with Crippen molar-refractivity contribution in [3.8, 4) is 11.6 Å². The zero-order chi connectivity index (χ0) is 12.4. The lowest BCUT2D eigenvalue weighted by molar-refractivity contribution is 0.577. The van der Waals surface area contributed by atoms with Crippen LogP contribution in [-0.2, 0) is 12.8 Å². The molecule has 0 bridgehead atoms. The minimum Gasteiger partial charge on any atom is -0.461 e. The van der Waals surface area contributed by atoms with Crippen molar-refractivity contribution < 1.29 is 4.42 Å². The highest BCUT2D eigenvalue weighted by Gasteiger charge is 2.20. The van der Waals surface area contributed by atoms with E-state index in [4.69, 9.17) is 4.42 Å². The van der Waals surface area contributed by atoms with Crippen LogP contribution in [0.5, 0.6) is 0 Å². The fraction of sp³-hybridized carbons (Fsp3) is 0.429. The highest BCUT2D eigenvalue weighted by molar-refractivity contribution is 5.56. The summed E-state index contributed by atoms with van der Waals surface area (Å²) in [4.78, 5) is 9.23. The monoisotopic (exact) mass is 243 g/mol. The van der Waals surface area contributed by atoms with E-state index in [-0.39, 0.29) is 0 Å². The lowest BCUT2D eigenvalue weighted by atomic mass is 10.2. The predicted molar refractivity (Wildman–Crippen MR) is 70.5 cm³/mol. The fourth-order valence-corrected chi connectivity index (χ4v) is 2.34. The first kappa shape index (κ1) is 11.3. The summed E-state index contributed by atoms with van der Waals surface area (Å²) in [5, 5.41) is 3.40. The van der Waals surface area contributed by atoms with Crippen LogP contribution in [0.2, 0.25) is 0 Å². The van der Waals surface area contributed by atoms with E-state index >= 15 is 0 Å². The van der Waals surface area contributed by atoms with Gasteiger partial charge in [-0.3, -0.25) is 0 Å². The summed E-state index contributed by atoms with van der Waals surface area (Å²) in [5.74, 6) is 2.43. The number of aryl methyl sites for hydroxylation is 1. The van der Waals surface area contributed by atoms with E-state index in [1.807, 2.05) is 12.1 Å². The van der Waals surface area contributed by atoms with Crippen LogP contribution in [-0.4, -0.2) is 16.5 Å². The molecule has 0 atom stereocenters. The maximum absolute atomic E-state index is 5.39. The first-order chi connectivity index (χ1) is 8.88. The summed E-state index contributed by atoms with van der Waals surface area (Å²) < 4.78 is 5.39. The smallest absolute Gasteiger partial charge is 0.197 e. The predicted octanol–water partition coefficient (Wildman–Crippen LogP) is 3.05. The Labute approximate surface area is 106 Å². The molecule has 0 saturated carbocycles. The van der Waals surface area contributed by atoms with Crippen LogP contribution in [0.4, 0.5) is 5.82 Å². The second kappa shape index (κ2) is 4.80. The van der Waals surface area contributed by atoms with Gasteiger partial charge in [-0.15, -0.1) is 0 Å². The molecule has 1 aliphatic rings. The number of anilines is 1. The molecule has 0 aliphatic heterocycles. The Morgan fingerprint density at radius 1 is 1.33 bits per heavy atom. The van der Waals surface area contributed by atoms with E-state index in [2.05, 4.69) is 22.2 Å². The van der Waals surface area contributed by atoms with Gasteiger partial charge in [-0.2, -0.15) is 0 Å². The Kier molecular flexibility index (Phi) is 3.00. The zero-order valence-corrected chi connectivity index (χ0v) is 10.6. The largest absolute Gasteiger partial charge is 0.461 e. The fourth-order valence-electron chi connectivity index (χ4n) is 2.34. The average Bonchev–Trinajstić information content (AvgIpc) is 3.05. The van der Waals surface area contributed by atoms with E-state index in [1.165, 1.54) is 17.7 Å². The Hall–Kier alpha value is -1.84. The maximum Gasteiger partial charge on any atom is 0.197 e. The van der Waals surface area contributed by atoms with Crippen molar-refractivity contribution >= 4 is 5.82 Å². The number of nitrogens with one attached hydrogen (secondary N) is 1. The van der Waals surface area contributed by atoms with Crippen LogP contribution in [0, 0.1) is 0 Å². The molecule has 2 aromatic rings. The molecule has 2 aromatic heterocycles. The van der Waals surface area contributed by atoms with Crippen LogP contribution in [0.15, 0.2) is 22.8 Å². The SMILES string of the molecule is CCCNc1nc(-c2ccco2)nc2c1CCC2. The molecule has 94 valence electrons. The molecule has 0 aromatic carbocycles. The van der Waals surface area contributed by atoms with E-state index in [0.717, 1.165) is 37.4 Å². The van der Waals surface area contributed by atoms with E-state index in [0.29, 0.717) is 5.82 Å². The quantitative estimate of drug-likeness (QED) is 0.896. The number of furan rings is 1. The third-order valence-corrected chi connectivity index (χ3v) is 3.22. The van der Waals surface area contributed by atoms with Gasteiger partial charge in [0.1, 0.15) is 5.82 Å². The van der Waals surface area contributed by atoms with Gasteiger partial charge in [0, 0.05) is 17.8 Å². The van der Waals surface area contributed by atoms with Gasteiger partial charge in [0.15, 0.2) is 11.6 Å². The van der Waals surface area contributed by atoms with Crippen molar-refractivity contribution in [2.24, 2.45) is 0 Å². The highest BCUT2D eigenvalue weighted by atomic mass is 16.3. The van der Waals surface area contributed by atoms with E-state index in [9.17, 15) is 0 Å². The van der Waals surface area contributed by atoms with Gasteiger partial charge in [0.05, 0.1) is 6.26 Å². The molecular weight excluding hydrogens is 226 g/mol. The summed E-state index contributed by atoms with van der Waals surface area (Å²) in [6.45, 7) is 3.10. The lowest BCUT2D eigenvalue weighted by Crippen LogP contribution is -2.07. The van der Waals surface area contributed by atoms with Gasteiger partial charge in [0.25, 0.3) is 0 Å². The van der Waals surface area contributed by atoms with Crippen molar-refractivity contribution in [1.29, 1.82) is 0 Å². The van der Waals surface area contributed by atoms with E-state index < -0.39 is 0 Å². The molecule has 0 amide bonds. The number of rotatable bonds is 4. The molecule has 2 heterocycles. The summed E-state index contributed by atoms with van der Waals surface area (Å²) in [7, 11) is 0. The second-order valence-electron chi connectivity index (χ2n) is 4.58. The molecule has 0 unspecified atom stereocenters. The maximum atomic E-state index is 5.39. The van der Waals surface area contributed by atoms with Crippen molar-refractivity contribution in [3.63, 3.8) is 0 Å². The van der Waals surface area contributed by atoms with Gasteiger partial charge in [-0.05, 0) is 37.8 Å². The minimum atomic E-state index is 0.694. The van der Waals surface area contributed by atoms with Gasteiger partial charge in [-0.1, -0.05) is 6.92 Å². The topological polar surface area (TPSA) is 51.0 Å². The van der Waals surface area contributed by atoms with Crippen LogP contribution in [0.1, 0.15) is 31.0 Å². The Morgan fingerprint density at radius 3 is 3.06 bits per heavy atom. The van der Waals surface area contributed by atoms with Crippen molar-refractivity contribution in [2.45, 2.75) is 32.6 Å². The molecule has 4 nitrogen and oxygen atoms in total. The van der Waals surface area contributed by atoms with Gasteiger partial charge in [-0.25, -0.2) is 9.97 Å². The van der Waals surface area contributed by atoms with E-state index in [1.54, 1.807) is 6.26 Å². The third kappa shape index (κ3) is 1.98. The number of aromatic nitrogens is 2.